The first kappa shape index (κ1) is 29.5. The fourth-order valence-electron chi connectivity index (χ4n) is 4.07. The van der Waals surface area contributed by atoms with Crippen LogP contribution in [0.1, 0.15) is 30.0 Å². The second-order valence-electron chi connectivity index (χ2n) is 8.96. The molecule has 38 heavy (non-hydrogen) atoms. The maximum absolute atomic E-state index is 13.9. The van der Waals surface area contributed by atoms with E-state index in [2.05, 4.69) is 5.32 Å². The van der Waals surface area contributed by atoms with Gasteiger partial charge in [0.1, 0.15) is 12.6 Å². The molecule has 3 aromatic carbocycles. The predicted molar refractivity (Wildman–Crippen MR) is 152 cm³/mol. The SMILES string of the molecule is CC[C@@H](C(=O)NC)N(Cc1ccc(Cl)cc1Cl)C(=O)CN(c1cccc(C)c1)S(=O)(=O)c1ccc(C)cc1. The smallest absolute Gasteiger partial charge is 0.264 e. The Balaban J connectivity index is 2.08. The van der Waals surface area contributed by atoms with Gasteiger partial charge in [-0.2, -0.15) is 0 Å². The molecule has 0 bridgehead atoms. The normalized spacial score (nSPS) is 12.1. The first-order valence-electron chi connectivity index (χ1n) is 12.1. The van der Waals surface area contributed by atoms with Crippen LogP contribution in [0.2, 0.25) is 10.0 Å². The van der Waals surface area contributed by atoms with E-state index in [0.717, 1.165) is 15.4 Å². The number of hydrogen-bond donors (Lipinski definition) is 1. The van der Waals surface area contributed by atoms with Crippen molar-refractivity contribution in [2.45, 2.75) is 44.7 Å². The molecule has 10 heteroatoms. The van der Waals surface area contributed by atoms with E-state index in [1.54, 1.807) is 55.5 Å². The van der Waals surface area contributed by atoms with E-state index in [0.29, 0.717) is 27.7 Å². The molecule has 3 rings (SSSR count). The van der Waals surface area contributed by atoms with Gasteiger partial charge in [0.05, 0.1) is 10.6 Å². The number of hydrogen-bond acceptors (Lipinski definition) is 4. The molecule has 0 unspecified atom stereocenters. The van der Waals surface area contributed by atoms with Gasteiger partial charge in [0, 0.05) is 23.6 Å². The highest BCUT2D eigenvalue weighted by molar-refractivity contribution is 7.92. The zero-order valence-corrected chi connectivity index (χ0v) is 24.1. The number of nitrogens with one attached hydrogen (secondary N) is 1. The van der Waals surface area contributed by atoms with Gasteiger partial charge in [-0.05, 0) is 67.8 Å². The Morgan fingerprint density at radius 2 is 1.63 bits per heavy atom. The minimum atomic E-state index is -4.12. The first-order chi connectivity index (χ1) is 18.0. The molecular formula is C28H31Cl2N3O4S. The predicted octanol–water partition coefficient (Wildman–Crippen LogP) is 5.36. The number of aryl methyl sites for hydroxylation is 2. The summed E-state index contributed by atoms with van der Waals surface area (Å²) in [5.74, 6) is -0.918. The topological polar surface area (TPSA) is 86.8 Å². The average molecular weight is 577 g/mol. The van der Waals surface area contributed by atoms with E-state index in [9.17, 15) is 18.0 Å². The number of anilines is 1. The molecule has 1 N–H and O–H groups in total. The zero-order chi connectivity index (χ0) is 28.0. The molecule has 1 atom stereocenters. The molecule has 202 valence electrons. The van der Waals surface area contributed by atoms with Crippen molar-refractivity contribution >= 4 is 50.7 Å². The number of carbonyl (C=O) groups is 2. The van der Waals surface area contributed by atoms with Crippen LogP contribution in [0.3, 0.4) is 0 Å². The number of halogens is 2. The number of benzene rings is 3. The highest BCUT2D eigenvalue weighted by Gasteiger charge is 2.33. The third-order valence-corrected chi connectivity index (χ3v) is 8.54. The van der Waals surface area contributed by atoms with Gasteiger partial charge < -0.3 is 10.2 Å². The van der Waals surface area contributed by atoms with E-state index in [-0.39, 0.29) is 17.3 Å². The molecular weight excluding hydrogens is 545 g/mol. The van der Waals surface area contributed by atoms with Crippen molar-refractivity contribution in [1.82, 2.24) is 10.2 Å². The van der Waals surface area contributed by atoms with Crippen LogP contribution < -0.4 is 9.62 Å². The lowest BCUT2D eigenvalue weighted by molar-refractivity contribution is -0.140. The summed E-state index contributed by atoms with van der Waals surface area (Å²) in [4.78, 5) is 28.1. The summed E-state index contributed by atoms with van der Waals surface area (Å²) in [6.07, 6.45) is 0.311. The Morgan fingerprint density at radius 3 is 2.21 bits per heavy atom. The number of sulfonamides is 1. The highest BCUT2D eigenvalue weighted by atomic mass is 35.5. The van der Waals surface area contributed by atoms with Crippen LogP contribution in [0.25, 0.3) is 0 Å². The number of rotatable bonds is 10. The molecule has 0 fully saturated rings. The van der Waals surface area contributed by atoms with Crippen LogP contribution in [0.15, 0.2) is 71.6 Å². The second kappa shape index (κ2) is 12.7. The Morgan fingerprint density at radius 1 is 0.947 bits per heavy atom. The lowest BCUT2D eigenvalue weighted by Crippen LogP contribution is -2.51. The lowest BCUT2D eigenvalue weighted by atomic mass is 10.1. The van der Waals surface area contributed by atoms with Crippen LogP contribution in [-0.4, -0.2) is 44.8 Å². The van der Waals surface area contributed by atoms with Crippen molar-refractivity contribution in [2.75, 3.05) is 17.9 Å². The van der Waals surface area contributed by atoms with Crippen LogP contribution >= 0.6 is 23.2 Å². The molecule has 0 radical (unpaired) electrons. The van der Waals surface area contributed by atoms with Crippen molar-refractivity contribution in [3.63, 3.8) is 0 Å². The summed E-state index contributed by atoms with van der Waals surface area (Å²) in [6, 6.07) is 17.4. The molecule has 0 aliphatic heterocycles. The van der Waals surface area contributed by atoms with Gasteiger partial charge in [0.25, 0.3) is 10.0 Å². The van der Waals surface area contributed by atoms with E-state index >= 15 is 0 Å². The minimum Gasteiger partial charge on any atom is -0.357 e. The summed E-state index contributed by atoms with van der Waals surface area (Å²) in [7, 11) is -2.63. The van der Waals surface area contributed by atoms with Gasteiger partial charge in [-0.25, -0.2) is 8.42 Å². The molecule has 0 heterocycles. The molecule has 0 aromatic heterocycles. The Bertz CT molecular complexity index is 1410. The number of likely N-dealkylation sites (N-methyl/N-ethyl adjacent to an activating group) is 1. The molecule has 0 saturated carbocycles. The molecule has 2 amide bonds. The molecule has 0 aliphatic carbocycles. The Labute approximate surface area is 234 Å². The molecule has 0 spiro atoms. The fourth-order valence-corrected chi connectivity index (χ4v) is 5.94. The first-order valence-corrected chi connectivity index (χ1v) is 14.3. The molecule has 3 aromatic rings. The van der Waals surface area contributed by atoms with Crippen molar-refractivity contribution in [3.05, 3.63) is 93.5 Å². The third kappa shape index (κ3) is 6.87. The van der Waals surface area contributed by atoms with Crippen LogP contribution in [0.5, 0.6) is 0 Å². The van der Waals surface area contributed by atoms with Gasteiger partial charge in [-0.1, -0.05) is 66.0 Å². The summed E-state index contributed by atoms with van der Waals surface area (Å²) < 4.78 is 28.7. The van der Waals surface area contributed by atoms with Crippen LogP contribution in [-0.2, 0) is 26.2 Å². The zero-order valence-electron chi connectivity index (χ0n) is 21.7. The summed E-state index contributed by atoms with van der Waals surface area (Å²) in [5, 5.41) is 3.37. The maximum atomic E-state index is 13.9. The van der Waals surface area contributed by atoms with E-state index in [4.69, 9.17) is 23.2 Å². The number of amides is 2. The minimum absolute atomic E-state index is 0.00695. The summed E-state index contributed by atoms with van der Waals surface area (Å²) in [6.45, 7) is 4.97. The summed E-state index contributed by atoms with van der Waals surface area (Å²) >= 11 is 12.4. The van der Waals surface area contributed by atoms with Gasteiger partial charge in [0.2, 0.25) is 11.8 Å². The standard InChI is InChI=1S/C28H31Cl2N3O4S/c1-5-26(28(35)31-4)32(17-21-11-12-22(29)16-25(21)30)27(34)18-33(23-8-6-7-20(3)15-23)38(36,37)24-13-9-19(2)10-14-24/h6-16,26H,5,17-18H2,1-4H3,(H,31,35)/t26-/m0/s1. The number of carbonyl (C=O) groups excluding carboxylic acids is 2. The molecule has 7 nitrogen and oxygen atoms in total. The van der Waals surface area contributed by atoms with Crippen molar-refractivity contribution in [3.8, 4) is 0 Å². The fraction of sp³-hybridized carbons (Fsp3) is 0.286. The largest absolute Gasteiger partial charge is 0.357 e. The monoisotopic (exact) mass is 575 g/mol. The van der Waals surface area contributed by atoms with Crippen LogP contribution in [0.4, 0.5) is 5.69 Å². The van der Waals surface area contributed by atoms with Crippen molar-refractivity contribution in [1.29, 1.82) is 0 Å². The molecule has 0 saturated heterocycles. The third-order valence-electron chi connectivity index (χ3n) is 6.17. The van der Waals surface area contributed by atoms with E-state index < -0.39 is 28.5 Å². The quantitative estimate of drug-likeness (QED) is 0.352. The van der Waals surface area contributed by atoms with Gasteiger partial charge >= 0.3 is 0 Å². The maximum Gasteiger partial charge on any atom is 0.264 e. The number of nitrogens with zero attached hydrogens (tertiary/aromatic N) is 2. The Kier molecular flexibility index (Phi) is 9.82. The van der Waals surface area contributed by atoms with E-state index in [1.807, 2.05) is 19.9 Å². The summed E-state index contributed by atoms with van der Waals surface area (Å²) in [5.41, 5.74) is 2.66. The highest BCUT2D eigenvalue weighted by Crippen LogP contribution is 2.27. The molecule has 0 aliphatic rings. The van der Waals surface area contributed by atoms with Gasteiger partial charge in [-0.15, -0.1) is 0 Å². The van der Waals surface area contributed by atoms with Gasteiger partial charge in [0.15, 0.2) is 0 Å². The average Bonchev–Trinajstić information content (AvgIpc) is 2.88. The van der Waals surface area contributed by atoms with Crippen molar-refractivity contribution in [2.24, 2.45) is 0 Å². The Hall–Kier alpha value is -3.07. The van der Waals surface area contributed by atoms with E-state index in [1.165, 1.54) is 24.1 Å². The lowest BCUT2D eigenvalue weighted by Gasteiger charge is -2.33. The van der Waals surface area contributed by atoms with Crippen molar-refractivity contribution < 1.29 is 18.0 Å². The van der Waals surface area contributed by atoms with Gasteiger partial charge in [-0.3, -0.25) is 13.9 Å². The van der Waals surface area contributed by atoms with Crippen LogP contribution in [0, 0.1) is 13.8 Å². The second-order valence-corrected chi connectivity index (χ2v) is 11.7.